The van der Waals surface area contributed by atoms with E-state index in [9.17, 15) is 4.79 Å². The Kier molecular flexibility index (Phi) is 3.45. The number of para-hydroxylation sites is 1. The zero-order valence-electron chi connectivity index (χ0n) is 21.1. The van der Waals surface area contributed by atoms with E-state index in [4.69, 9.17) is 6.85 Å². The van der Waals surface area contributed by atoms with Crippen molar-refractivity contribution >= 4 is 27.5 Å². The Morgan fingerprint density at radius 1 is 1.00 bits per heavy atom. The number of carbonyl (C=O) groups is 1. The van der Waals surface area contributed by atoms with Crippen LogP contribution in [-0.4, -0.2) is 34.8 Å². The summed E-state index contributed by atoms with van der Waals surface area (Å²) in [4.78, 5) is 15.1. The predicted molar refractivity (Wildman–Crippen MR) is 120 cm³/mol. The molecule has 3 aromatic carbocycles. The molecule has 1 unspecified atom stereocenters. The molecule has 5 rings (SSSR count). The molecule has 29 heavy (non-hydrogen) atoms. The Hall–Kier alpha value is -2.91. The quantitative estimate of drug-likeness (QED) is 0.431. The van der Waals surface area contributed by atoms with Crippen molar-refractivity contribution in [2.75, 3.05) is 13.5 Å². The summed E-state index contributed by atoms with van der Waals surface area (Å²) in [5.74, 6) is -0.182. The van der Waals surface area contributed by atoms with Gasteiger partial charge in [-0.15, -0.1) is 0 Å². The zero-order chi connectivity index (χ0) is 24.1. The average molecular weight is 388 g/mol. The lowest BCUT2D eigenvalue weighted by molar-refractivity contribution is 0.104. The van der Waals surface area contributed by atoms with E-state index < -0.39 is 19.5 Å². The second-order valence-electron chi connectivity index (χ2n) is 7.62. The molecule has 1 aromatic heterocycles. The first-order chi connectivity index (χ1) is 16.2. The molecule has 1 saturated heterocycles. The maximum atomic E-state index is 13.8. The summed E-state index contributed by atoms with van der Waals surface area (Å²) in [6.45, 7) is -4.09. The third kappa shape index (κ3) is 3.26. The molecule has 1 atom stereocenters. The molecule has 1 aliphatic rings. The normalized spacial score (nSPS) is 21.2. The fourth-order valence-electron chi connectivity index (χ4n) is 4.26. The highest BCUT2D eigenvalue weighted by atomic mass is 16.1. The summed E-state index contributed by atoms with van der Waals surface area (Å²) in [5, 5.41) is 2.46. The van der Waals surface area contributed by atoms with Crippen LogP contribution >= 0.6 is 0 Å². The number of benzene rings is 3. The van der Waals surface area contributed by atoms with E-state index in [1.165, 1.54) is 9.47 Å². The van der Waals surface area contributed by atoms with E-state index in [0.717, 1.165) is 23.6 Å². The lowest BCUT2D eigenvalue weighted by atomic mass is 9.97. The molecule has 1 fully saturated rings. The van der Waals surface area contributed by atoms with E-state index in [1.54, 1.807) is 18.3 Å². The van der Waals surface area contributed by atoms with Gasteiger partial charge in [0.2, 0.25) is 0 Å². The van der Waals surface area contributed by atoms with Crippen molar-refractivity contribution in [3.8, 4) is 0 Å². The summed E-state index contributed by atoms with van der Waals surface area (Å²) in [7, 11) is 0. The molecule has 0 radical (unpaired) electrons. The van der Waals surface area contributed by atoms with Crippen LogP contribution in [-0.2, 0) is 6.50 Å². The lowest BCUT2D eigenvalue weighted by Gasteiger charge is -2.32. The van der Waals surface area contributed by atoms with Gasteiger partial charge in [-0.25, -0.2) is 0 Å². The molecule has 0 saturated carbocycles. The standard InChI is InChI=1S/C26H26N2O/c1-27-16-7-6-11-20(27)17-28-18-24(22-13-4-5-15-25(22)28)26(29)23-14-8-10-19-9-2-3-12-21(19)23/h2-5,8-10,12-15,18,20H,6-7,11,16-17H2,1H3/i1D3,17D2. The van der Waals surface area contributed by atoms with E-state index in [2.05, 4.69) is 0 Å². The topological polar surface area (TPSA) is 25.2 Å². The molecular formula is C26H26N2O. The van der Waals surface area contributed by atoms with Gasteiger partial charge >= 0.3 is 0 Å². The molecule has 0 spiro atoms. The number of hydrogen-bond donors (Lipinski definition) is 0. The third-order valence-electron chi connectivity index (χ3n) is 5.78. The fourth-order valence-corrected chi connectivity index (χ4v) is 4.26. The highest BCUT2D eigenvalue weighted by Gasteiger charge is 2.23. The summed E-state index contributed by atoms with van der Waals surface area (Å²) >= 11 is 0. The maximum absolute atomic E-state index is 13.8. The molecule has 3 heteroatoms. The number of ketones is 1. The van der Waals surface area contributed by atoms with Crippen molar-refractivity contribution in [1.82, 2.24) is 9.47 Å². The maximum Gasteiger partial charge on any atom is 0.195 e. The van der Waals surface area contributed by atoms with Crippen LogP contribution in [0.4, 0.5) is 0 Å². The van der Waals surface area contributed by atoms with Gasteiger partial charge in [-0.05, 0) is 43.2 Å². The molecule has 4 aromatic rings. The summed E-state index contributed by atoms with van der Waals surface area (Å²) < 4.78 is 43.5. The molecule has 3 nitrogen and oxygen atoms in total. The van der Waals surface area contributed by atoms with Crippen LogP contribution in [0, 0.1) is 0 Å². The van der Waals surface area contributed by atoms with Crippen LogP contribution in [0.2, 0.25) is 0 Å². The highest BCUT2D eigenvalue weighted by molar-refractivity contribution is 6.21. The Morgan fingerprint density at radius 2 is 1.79 bits per heavy atom. The van der Waals surface area contributed by atoms with E-state index >= 15 is 0 Å². The van der Waals surface area contributed by atoms with Gasteiger partial charge in [0, 0.05) is 44.9 Å². The van der Waals surface area contributed by atoms with Gasteiger partial charge in [-0.2, -0.15) is 0 Å². The average Bonchev–Trinajstić information content (AvgIpc) is 3.23. The SMILES string of the molecule is [2H]C([2H])([2H])N1CCCCC1C([2H])([2H])n1cc(C(=O)c2cccc3ccccc23)c2ccccc21. The molecule has 0 aliphatic carbocycles. The van der Waals surface area contributed by atoms with Crippen molar-refractivity contribution in [2.24, 2.45) is 0 Å². The van der Waals surface area contributed by atoms with E-state index in [1.807, 2.05) is 54.6 Å². The Labute approximate surface area is 178 Å². The first kappa shape index (κ1) is 13.3. The molecule has 0 N–H and O–H groups in total. The van der Waals surface area contributed by atoms with Crippen molar-refractivity contribution in [1.29, 1.82) is 0 Å². The van der Waals surface area contributed by atoms with Gasteiger partial charge in [-0.3, -0.25) is 4.79 Å². The molecule has 0 amide bonds. The number of likely N-dealkylation sites (N-methyl/N-ethyl adjacent to an activating group) is 1. The molecule has 0 bridgehead atoms. The van der Waals surface area contributed by atoms with Gasteiger partial charge < -0.3 is 9.47 Å². The second kappa shape index (κ2) is 7.49. The number of likely N-dealkylation sites (tertiary alicyclic amines) is 1. The number of carbonyl (C=O) groups excluding carboxylic acids is 1. The number of piperidine rings is 1. The first-order valence-corrected chi connectivity index (χ1v) is 10.1. The van der Waals surface area contributed by atoms with Gasteiger partial charge in [0.1, 0.15) is 0 Å². The van der Waals surface area contributed by atoms with Crippen LogP contribution < -0.4 is 0 Å². The largest absolute Gasteiger partial charge is 0.345 e. The van der Waals surface area contributed by atoms with Crippen molar-refractivity contribution in [2.45, 2.75) is 31.8 Å². The van der Waals surface area contributed by atoms with Gasteiger partial charge in [0.15, 0.2) is 5.78 Å². The lowest BCUT2D eigenvalue weighted by Crippen LogP contribution is -2.39. The number of rotatable bonds is 4. The summed E-state index contributed by atoms with van der Waals surface area (Å²) in [6, 6.07) is 19.7. The van der Waals surface area contributed by atoms with Crippen molar-refractivity contribution < 1.29 is 11.6 Å². The van der Waals surface area contributed by atoms with Gasteiger partial charge in [0.05, 0.1) is 2.74 Å². The smallest absolute Gasteiger partial charge is 0.195 e. The summed E-state index contributed by atoms with van der Waals surface area (Å²) in [5.41, 5.74) is 1.54. The minimum atomic E-state index is -2.39. The Morgan fingerprint density at radius 3 is 2.69 bits per heavy atom. The monoisotopic (exact) mass is 387 g/mol. The Bertz CT molecular complexity index is 1370. The summed E-state index contributed by atoms with van der Waals surface area (Å²) in [6.07, 6.45) is 3.49. The van der Waals surface area contributed by atoms with Gasteiger partial charge in [0.25, 0.3) is 0 Å². The van der Waals surface area contributed by atoms with Crippen molar-refractivity contribution in [3.05, 3.63) is 84.1 Å². The van der Waals surface area contributed by atoms with Crippen LogP contribution in [0.1, 0.15) is 42.0 Å². The molecule has 1 aliphatic heterocycles. The zero-order valence-corrected chi connectivity index (χ0v) is 16.1. The van der Waals surface area contributed by atoms with Gasteiger partial charge in [-0.1, -0.05) is 67.1 Å². The number of fused-ring (bicyclic) bond motifs is 2. The minimum absolute atomic E-state index is 0.182. The van der Waals surface area contributed by atoms with E-state index in [0.29, 0.717) is 35.0 Å². The molecular weight excluding hydrogens is 356 g/mol. The minimum Gasteiger partial charge on any atom is -0.345 e. The molecule has 146 valence electrons. The Balaban J connectivity index is 1.65. The highest BCUT2D eigenvalue weighted by Crippen LogP contribution is 2.28. The van der Waals surface area contributed by atoms with Crippen LogP contribution in [0.5, 0.6) is 0 Å². The van der Waals surface area contributed by atoms with Crippen LogP contribution in [0.15, 0.2) is 72.9 Å². The number of hydrogen-bond acceptors (Lipinski definition) is 2. The predicted octanol–water partition coefficient (Wildman–Crippen LogP) is 5.51. The third-order valence-corrected chi connectivity index (χ3v) is 5.78. The second-order valence-corrected chi connectivity index (χ2v) is 7.62. The number of nitrogens with zero attached hydrogens (tertiary/aromatic N) is 2. The van der Waals surface area contributed by atoms with Crippen molar-refractivity contribution in [3.63, 3.8) is 0 Å². The van der Waals surface area contributed by atoms with Crippen LogP contribution in [0.3, 0.4) is 0 Å². The number of aromatic nitrogens is 1. The van der Waals surface area contributed by atoms with E-state index in [-0.39, 0.29) is 5.78 Å². The fraction of sp³-hybridized carbons (Fsp3) is 0.269. The first-order valence-electron chi connectivity index (χ1n) is 12.6. The van der Waals surface area contributed by atoms with Crippen LogP contribution in [0.25, 0.3) is 21.7 Å². The molecule has 2 heterocycles.